The van der Waals surface area contributed by atoms with Gasteiger partial charge in [-0.25, -0.2) is 4.79 Å². The molecule has 0 saturated heterocycles. The maximum absolute atomic E-state index is 14.5. The molecule has 2 aliphatic rings. The SMILES string of the molecule is CC(=O)O[C@@H]1CC(=O)N[C@H](Cc2ccccc2)C(=O)N[C@@H](Cc2ccc(-c3ccccc3)cc2)C(=O)N[C@H](CCc2ccccc2)C(=O)N[C@H](C(=O)O)Cc2ccc(cc2)NC1=O. The second kappa shape index (κ2) is 21.8. The van der Waals surface area contributed by atoms with E-state index >= 15 is 0 Å². The zero-order valence-electron chi connectivity index (χ0n) is 34.6. The van der Waals surface area contributed by atoms with Crippen molar-refractivity contribution in [3.05, 3.63) is 162 Å². The summed E-state index contributed by atoms with van der Waals surface area (Å²) in [5.74, 6) is -5.97. The van der Waals surface area contributed by atoms with Gasteiger partial charge in [-0.2, -0.15) is 0 Å². The Balaban J connectivity index is 1.37. The van der Waals surface area contributed by atoms with E-state index in [0.29, 0.717) is 23.1 Å². The summed E-state index contributed by atoms with van der Waals surface area (Å²) in [6.07, 6.45) is -2.00. The predicted molar refractivity (Wildman–Crippen MR) is 235 cm³/mol. The molecule has 0 radical (unpaired) electrons. The Morgan fingerprint density at radius 2 is 1.06 bits per heavy atom. The Labute approximate surface area is 364 Å². The molecule has 2 heterocycles. The van der Waals surface area contributed by atoms with Gasteiger partial charge in [0, 0.05) is 31.9 Å². The number of carbonyl (C=O) groups excluding carboxylic acids is 6. The molecule has 324 valence electrons. The van der Waals surface area contributed by atoms with Crippen LogP contribution in [0, 0.1) is 0 Å². The minimum atomic E-state index is -1.59. The van der Waals surface area contributed by atoms with Crippen LogP contribution in [0.25, 0.3) is 11.1 Å². The fraction of sp³-hybridized carbons (Fsp3) is 0.245. The van der Waals surface area contributed by atoms with Crippen LogP contribution >= 0.6 is 0 Å². The van der Waals surface area contributed by atoms with Crippen LogP contribution in [0.2, 0.25) is 0 Å². The van der Waals surface area contributed by atoms with E-state index in [9.17, 15) is 38.7 Å². The number of ether oxygens (including phenoxy) is 1. The lowest BCUT2D eigenvalue weighted by Gasteiger charge is -2.27. The number of benzene rings is 5. The molecule has 0 unspecified atom stereocenters. The number of fused-ring (bicyclic) bond motifs is 18. The summed E-state index contributed by atoms with van der Waals surface area (Å²) in [5.41, 5.74) is 4.87. The first-order valence-corrected chi connectivity index (χ1v) is 20.6. The molecule has 2 bridgehead atoms. The number of rotatable bonds is 10. The maximum atomic E-state index is 14.5. The molecule has 5 aromatic carbocycles. The van der Waals surface area contributed by atoms with Gasteiger partial charge in [0.25, 0.3) is 5.91 Å². The Bertz CT molecular complexity index is 2380. The second-order valence-electron chi connectivity index (χ2n) is 15.3. The normalized spacial score (nSPS) is 20.1. The highest BCUT2D eigenvalue weighted by atomic mass is 16.5. The molecule has 2 aliphatic heterocycles. The number of nitrogens with one attached hydrogen (secondary N) is 5. The largest absolute Gasteiger partial charge is 0.480 e. The molecular weight excluding hydrogens is 803 g/mol. The van der Waals surface area contributed by atoms with Crippen molar-refractivity contribution in [1.82, 2.24) is 21.3 Å². The van der Waals surface area contributed by atoms with E-state index in [4.69, 9.17) is 4.74 Å². The molecule has 5 atom stereocenters. The Morgan fingerprint density at radius 1 is 0.556 bits per heavy atom. The smallest absolute Gasteiger partial charge is 0.326 e. The summed E-state index contributed by atoms with van der Waals surface area (Å²) < 4.78 is 5.25. The number of aliphatic carboxylic acids is 1. The highest BCUT2D eigenvalue weighted by Gasteiger charge is 2.33. The molecule has 0 aliphatic carbocycles. The van der Waals surface area contributed by atoms with Gasteiger partial charge in [0.15, 0.2) is 6.10 Å². The van der Waals surface area contributed by atoms with Crippen LogP contribution in [0.3, 0.4) is 0 Å². The van der Waals surface area contributed by atoms with Crippen molar-refractivity contribution >= 4 is 47.2 Å². The molecule has 5 amide bonds. The summed E-state index contributed by atoms with van der Waals surface area (Å²) >= 11 is 0. The summed E-state index contributed by atoms with van der Waals surface area (Å²) in [7, 11) is 0. The molecule has 0 aromatic heterocycles. The standard InChI is InChI=1S/C49H49N5O9/c1-31(55)63-43-30-44(56)51-40(27-33-13-7-3-8-14-33)46(58)53-41(28-34-17-22-37(23-18-34)36-15-9-4-10-16-36)47(59)52-39(26-21-32-11-5-2-6-12-32)45(57)54-42(49(61)62)29-35-19-24-38(25-20-35)50-48(43)60/h2-20,22-25,39-43H,21,26-30H2,1H3,(H,50,60)(H,51,56)(H,52,59)(H,53,58)(H,54,57)(H,61,62)/t39-,40-,41+,42+,43-/m1/s1. The van der Waals surface area contributed by atoms with E-state index in [1.54, 1.807) is 42.5 Å². The molecule has 0 fully saturated rings. The monoisotopic (exact) mass is 851 g/mol. The first kappa shape index (κ1) is 44.9. The van der Waals surface area contributed by atoms with Crippen molar-refractivity contribution in [3.8, 4) is 11.1 Å². The molecule has 63 heavy (non-hydrogen) atoms. The van der Waals surface area contributed by atoms with E-state index in [0.717, 1.165) is 23.6 Å². The van der Waals surface area contributed by atoms with E-state index in [1.807, 2.05) is 84.9 Å². The van der Waals surface area contributed by atoms with Crippen LogP contribution in [-0.4, -0.2) is 76.9 Å². The van der Waals surface area contributed by atoms with Gasteiger partial charge in [0.1, 0.15) is 24.2 Å². The van der Waals surface area contributed by atoms with Crippen LogP contribution < -0.4 is 26.6 Å². The minimum Gasteiger partial charge on any atom is -0.480 e. The van der Waals surface area contributed by atoms with E-state index in [1.165, 1.54) is 12.1 Å². The first-order valence-electron chi connectivity index (χ1n) is 20.6. The molecule has 5 aromatic rings. The van der Waals surface area contributed by atoms with E-state index in [2.05, 4.69) is 26.6 Å². The van der Waals surface area contributed by atoms with Crippen molar-refractivity contribution in [1.29, 1.82) is 0 Å². The second-order valence-corrected chi connectivity index (χ2v) is 15.3. The molecule has 14 nitrogen and oxygen atoms in total. The maximum Gasteiger partial charge on any atom is 0.326 e. The molecule has 7 rings (SSSR count). The number of carboxylic acid groups (broad SMARTS) is 1. The van der Waals surface area contributed by atoms with Crippen LogP contribution in [-0.2, 0) is 64.0 Å². The topological polar surface area (TPSA) is 209 Å². The van der Waals surface area contributed by atoms with Gasteiger partial charge in [-0.3, -0.25) is 28.8 Å². The zero-order chi connectivity index (χ0) is 44.7. The number of carbonyl (C=O) groups is 7. The third-order valence-corrected chi connectivity index (χ3v) is 10.5. The predicted octanol–water partition coefficient (Wildman–Crippen LogP) is 4.31. The Hall–Kier alpha value is -7.61. The lowest BCUT2D eigenvalue weighted by molar-refractivity contribution is -0.153. The highest BCUT2D eigenvalue weighted by Crippen LogP contribution is 2.21. The quantitative estimate of drug-likeness (QED) is 0.0873. The van der Waals surface area contributed by atoms with Crippen LogP contribution in [0.15, 0.2) is 140 Å². The summed E-state index contributed by atoms with van der Waals surface area (Å²) in [6.45, 7) is 1.09. The number of esters is 1. The average molecular weight is 852 g/mol. The van der Waals surface area contributed by atoms with Gasteiger partial charge in [-0.1, -0.05) is 127 Å². The lowest BCUT2D eigenvalue weighted by Crippen LogP contribution is -2.58. The molecule has 0 spiro atoms. The molecule has 14 heteroatoms. The Kier molecular flexibility index (Phi) is 15.5. The third-order valence-electron chi connectivity index (χ3n) is 10.5. The minimum absolute atomic E-state index is 0.0199. The average Bonchev–Trinajstić information content (AvgIpc) is 3.28. The molecule has 0 saturated carbocycles. The van der Waals surface area contributed by atoms with Crippen molar-refractivity contribution in [2.24, 2.45) is 0 Å². The van der Waals surface area contributed by atoms with Gasteiger partial charge in [0.2, 0.25) is 23.6 Å². The molecular formula is C49H49N5O9. The number of anilines is 1. The summed E-state index contributed by atoms with van der Waals surface area (Å²) in [6, 6.07) is 36.1. The van der Waals surface area contributed by atoms with Gasteiger partial charge in [-0.05, 0) is 58.4 Å². The third kappa shape index (κ3) is 13.4. The van der Waals surface area contributed by atoms with Crippen molar-refractivity contribution in [2.75, 3.05) is 5.32 Å². The van der Waals surface area contributed by atoms with Crippen LogP contribution in [0.1, 0.15) is 42.0 Å². The Morgan fingerprint density at radius 3 is 1.65 bits per heavy atom. The van der Waals surface area contributed by atoms with Gasteiger partial charge < -0.3 is 36.4 Å². The van der Waals surface area contributed by atoms with E-state index < -0.39 is 78.2 Å². The summed E-state index contributed by atoms with van der Waals surface area (Å²) in [5, 5.41) is 23.8. The van der Waals surface area contributed by atoms with E-state index in [-0.39, 0.29) is 31.4 Å². The number of aryl methyl sites for hydroxylation is 1. The number of hydrogen-bond acceptors (Lipinski definition) is 8. The fourth-order valence-electron chi connectivity index (χ4n) is 7.20. The van der Waals surface area contributed by atoms with Crippen molar-refractivity contribution in [2.45, 2.75) is 75.7 Å². The summed E-state index contributed by atoms with van der Waals surface area (Å²) in [4.78, 5) is 94.8. The van der Waals surface area contributed by atoms with Gasteiger partial charge in [0.05, 0.1) is 6.42 Å². The molecule has 6 N–H and O–H groups in total. The van der Waals surface area contributed by atoms with Gasteiger partial charge in [-0.15, -0.1) is 0 Å². The van der Waals surface area contributed by atoms with Gasteiger partial charge >= 0.3 is 11.9 Å². The van der Waals surface area contributed by atoms with Crippen molar-refractivity contribution in [3.63, 3.8) is 0 Å². The fourth-order valence-corrected chi connectivity index (χ4v) is 7.20. The lowest BCUT2D eigenvalue weighted by atomic mass is 9.98. The number of carboxylic acids is 1. The highest BCUT2D eigenvalue weighted by molar-refractivity contribution is 5.99. The number of amides is 5. The van der Waals surface area contributed by atoms with Crippen LogP contribution in [0.5, 0.6) is 0 Å². The first-order chi connectivity index (χ1) is 30.4. The van der Waals surface area contributed by atoms with Crippen LogP contribution in [0.4, 0.5) is 5.69 Å². The van der Waals surface area contributed by atoms with Crippen molar-refractivity contribution < 1.29 is 43.4 Å². The zero-order valence-corrected chi connectivity index (χ0v) is 34.6. The number of hydrogen-bond donors (Lipinski definition) is 6.